The van der Waals surface area contributed by atoms with Crippen molar-refractivity contribution in [2.45, 2.75) is 45.3 Å². The fourth-order valence-corrected chi connectivity index (χ4v) is 3.24. The van der Waals surface area contributed by atoms with Crippen LogP contribution in [0.1, 0.15) is 33.1 Å². The summed E-state index contributed by atoms with van der Waals surface area (Å²) in [6, 6.07) is 0. The summed E-state index contributed by atoms with van der Waals surface area (Å²) in [5, 5.41) is 19.1. The highest BCUT2D eigenvalue weighted by Gasteiger charge is 2.35. The molecule has 0 bridgehead atoms. The van der Waals surface area contributed by atoms with Crippen molar-refractivity contribution >= 4 is 5.78 Å². The summed E-state index contributed by atoms with van der Waals surface area (Å²) in [6.45, 7) is 6.15. The second-order valence-electron chi connectivity index (χ2n) is 6.29. The molecule has 4 unspecified atom stereocenters. The molecule has 0 aromatic carbocycles. The second-order valence-corrected chi connectivity index (χ2v) is 6.29. The molecule has 2 rings (SSSR count). The monoisotopic (exact) mass is 255 g/mol. The molecule has 0 amide bonds. The van der Waals surface area contributed by atoms with E-state index in [-0.39, 0.29) is 5.92 Å². The first-order valence-corrected chi connectivity index (χ1v) is 7.08. The van der Waals surface area contributed by atoms with Crippen LogP contribution in [0.15, 0.2) is 0 Å². The summed E-state index contributed by atoms with van der Waals surface area (Å²) in [5.74, 6) is 1.74. The van der Waals surface area contributed by atoms with Crippen molar-refractivity contribution in [3.8, 4) is 0 Å². The number of hydrogen-bond acceptors (Lipinski definition) is 4. The highest BCUT2D eigenvalue weighted by Crippen LogP contribution is 2.32. The van der Waals surface area contributed by atoms with Crippen LogP contribution in [-0.2, 0) is 4.79 Å². The summed E-state index contributed by atoms with van der Waals surface area (Å²) < 4.78 is 0. The zero-order chi connectivity index (χ0) is 13.3. The molecular weight excluding hydrogens is 230 g/mol. The minimum atomic E-state index is -0.649. The van der Waals surface area contributed by atoms with Crippen molar-refractivity contribution in [2.75, 3.05) is 19.6 Å². The van der Waals surface area contributed by atoms with E-state index < -0.39 is 12.2 Å². The summed E-state index contributed by atoms with van der Waals surface area (Å²) in [7, 11) is 0. The average Bonchev–Trinajstić information content (AvgIpc) is 2.61. The van der Waals surface area contributed by atoms with E-state index in [0.717, 1.165) is 12.8 Å². The number of hydrogen-bond donors (Lipinski definition) is 2. The van der Waals surface area contributed by atoms with E-state index in [2.05, 4.69) is 13.8 Å². The van der Waals surface area contributed by atoms with E-state index in [1.807, 2.05) is 4.90 Å². The fourth-order valence-electron chi connectivity index (χ4n) is 3.24. The predicted octanol–water partition coefficient (Wildman–Crippen LogP) is 0.665. The quantitative estimate of drug-likeness (QED) is 0.778. The van der Waals surface area contributed by atoms with Crippen molar-refractivity contribution in [3.05, 3.63) is 0 Å². The van der Waals surface area contributed by atoms with E-state index in [1.165, 1.54) is 0 Å². The molecule has 0 aromatic rings. The van der Waals surface area contributed by atoms with Crippen LogP contribution < -0.4 is 0 Å². The Balaban J connectivity index is 1.89. The van der Waals surface area contributed by atoms with Crippen molar-refractivity contribution in [1.82, 2.24) is 4.90 Å². The zero-order valence-electron chi connectivity index (χ0n) is 11.4. The largest absolute Gasteiger partial charge is 0.389 e. The van der Waals surface area contributed by atoms with Crippen molar-refractivity contribution in [3.63, 3.8) is 0 Å². The minimum Gasteiger partial charge on any atom is -0.389 e. The SMILES string of the molecule is CC(C)C1CCC(=O)C(CN2CC(O)C(O)C2)C1. The van der Waals surface area contributed by atoms with Crippen molar-refractivity contribution in [1.29, 1.82) is 0 Å². The van der Waals surface area contributed by atoms with E-state index in [9.17, 15) is 15.0 Å². The number of aliphatic hydroxyl groups is 2. The molecule has 2 aliphatic rings. The van der Waals surface area contributed by atoms with Crippen LogP contribution in [0.25, 0.3) is 0 Å². The Kier molecular flexibility index (Phi) is 4.41. The lowest BCUT2D eigenvalue weighted by molar-refractivity contribution is -0.126. The molecule has 1 saturated heterocycles. The third-order valence-corrected chi connectivity index (χ3v) is 4.56. The van der Waals surface area contributed by atoms with Crippen LogP contribution in [0.4, 0.5) is 0 Å². The number of β-amino-alcohol motifs (C(OH)–C–C–N with tert-alkyl or cyclic N) is 2. The normalized spacial score (nSPS) is 38.6. The minimum absolute atomic E-state index is 0.101. The molecule has 4 heteroatoms. The van der Waals surface area contributed by atoms with Gasteiger partial charge in [-0.1, -0.05) is 13.8 Å². The molecule has 0 radical (unpaired) electrons. The van der Waals surface area contributed by atoms with Crippen LogP contribution in [0.3, 0.4) is 0 Å². The van der Waals surface area contributed by atoms with E-state index in [4.69, 9.17) is 0 Å². The highest BCUT2D eigenvalue weighted by atomic mass is 16.3. The van der Waals surface area contributed by atoms with E-state index in [0.29, 0.717) is 43.7 Å². The average molecular weight is 255 g/mol. The van der Waals surface area contributed by atoms with Gasteiger partial charge in [-0.15, -0.1) is 0 Å². The summed E-state index contributed by atoms with van der Waals surface area (Å²) in [5.41, 5.74) is 0. The van der Waals surface area contributed by atoms with Gasteiger partial charge in [0.05, 0.1) is 12.2 Å². The first-order valence-electron chi connectivity index (χ1n) is 7.08. The smallest absolute Gasteiger partial charge is 0.137 e. The number of ketones is 1. The van der Waals surface area contributed by atoms with Gasteiger partial charge in [-0.25, -0.2) is 0 Å². The van der Waals surface area contributed by atoms with Crippen LogP contribution in [0, 0.1) is 17.8 Å². The summed E-state index contributed by atoms with van der Waals surface area (Å²) >= 11 is 0. The Labute approximate surface area is 109 Å². The highest BCUT2D eigenvalue weighted by molar-refractivity contribution is 5.82. The first kappa shape index (κ1) is 14.0. The maximum absolute atomic E-state index is 12.0. The third-order valence-electron chi connectivity index (χ3n) is 4.56. The molecule has 0 aromatic heterocycles. The Morgan fingerprint density at radius 3 is 2.44 bits per heavy atom. The van der Waals surface area contributed by atoms with Gasteiger partial charge in [-0.2, -0.15) is 0 Å². The van der Waals surface area contributed by atoms with E-state index in [1.54, 1.807) is 0 Å². The van der Waals surface area contributed by atoms with Crippen molar-refractivity contribution < 1.29 is 15.0 Å². The van der Waals surface area contributed by atoms with Gasteiger partial charge in [0.25, 0.3) is 0 Å². The van der Waals surface area contributed by atoms with Gasteiger partial charge in [0.2, 0.25) is 0 Å². The molecule has 1 saturated carbocycles. The van der Waals surface area contributed by atoms with Gasteiger partial charge in [-0.05, 0) is 24.7 Å². The van der Waals surface area contributed by atoms with Gasteiger partial charge in [-0.3, -0.25) is 9.69 Å². The van der Waals surface area contributed by atoms with E-state index >= 15 is 0 Å². The van der Waals surface area contributed by atoms with Crippen molar-refractivity contribution in [2.24, 2.45) is 17.8 Å². The molecule has 2 N–H and O–H groups in total. The molecule has 18 heavy (non-hydrogen) atoms. The van der Waals surface area contributed by atoms with Crippen LogP contribution in [-0.4, -0.2) is 52.7 Å². The van der Waals surface area contributed by atoms with Crippen LogP contribution in [0.5, 0.6) is 0 Å². The zero-order valence-corrected chi connectivity index (χ0v) is 11.4. The number of nitrogens with zero attached hydrogens (tertiary/aromatic N) is 1. The maximum Gasteiger partial charge on any atom is 0.137 e. The number of Topliss-reactive ketones (excluding diaryl/α,β-unsaturated/α-hetero) is 1. The maximum atomic E-state index is 12.0. The number of carbonyl (C=O) groups is 1. The van der Waals surface area contributed by atoms with Crippen LogP contribution >= 0.6 is 0 Å². The fraction of sp³-hybridized carbons (Fsp3) is 0.929. The molecule has 1 aliphatic carbocycles. The molecule has 2 fully saturated rings. The van der Waals surface area contributed by atoms with Gasteiger partial charge < -0.3 is 10.2 Å². The molecule has 1 aliphatic heterocycles. The first-order chi connectivity index (χ1) is 8.47. The number of carbonyl (C=O) groups excluding carboxylic acids is 1. The third kappa shape index (κ3) is 3.11. The lowest BCUT2D eigenvalue weighted by Gasteiger charge is -2.32. The lowest BCUT2D eigenvalue weighted by atomic mass is 9.75. The molecule has 1 heterocycles. The Morgan fingerprint density at radius 1 is 1.28 bits per heavy atom. The topological polar surface area (TPSA) is 60.8 Å². The number of aliphatic hydroxyl groups excluding tert-OH is 2. The van der Waals surface area contributed by atoms with Gasteiger partial charge in [0, 0.05) is 32.0 Å². The van der Waals surface area contributed by atoms with Gasteiger partial charge >= 0.3 is 0 Å². The standard InChI is InChI=1S/C14H25NO3/c1-9(2)10-3-4-12(16)11(5-10)6-15-7-13(17)14(18)8-15/h9-11,13-14,17-18H,3-8H2,1-2H3. The molecular formula is C14H25NO3. The molecule has 0 spiro atoms. The number of likely N-dealkylation sites (tertiary alicyclic amines) is 1. The van der Waals surface area contributed by atoms with Gasteiger partial charge in [0.15, 0.2) is 0 Å². The predicted molar refractivity (Wildman–Crippen MR) is 69.1 cm³/mol. The lowest BCUT2D eigenvalue weighted by Crippen LogP contribution is -2.37. The molecule has 104 valence electrons. The Hall–Kier alpha value is -0.450. The summed E-state index contributed by atoms with van der Waals surface area (Å²) in [6.07, 6.45) is 1.40. The number of rotatable bonds is 3. The molecule has 4 nitrogen and oxygen atoms in total. The Bertz CT molecular complexity index is 295. The summed E-state index contributed by atoms with van der Waals surface area (Å²) in [4.78, 5) is 14.0. The Morgan fingerprint density at radius 2 is 1.89 bits per heavy atom. The molecule has 4 atom stereocenters. The van der Waals surface area contributed by atoms with Gasteiger partial charge in [0.1, 0.15) is 5.78 Å². The second kappa shape index (κ2) is 5.68. The van der Waals surface area contributed by atoms with Crippen LogP contribution in [0.2, 0.25) is 0 Å².